The Hall–Kier alpha value is -0.770. The van der Waals surface area contributed by atoms with Crippen molar-refractivity contribution in [3.8, 4) is 0 Å². The number of hydroxylamine groups is 2. The Morgan fingerprint density at radius 1 is 0.909 bits per heavy atom. The van der Waals surface area contributed by atoms with E-state index < -0.39 is 24.2 Å². The number of carbonyl (C=O) groups is 1. The van der Waals surface area contributed by atoms with Gasteiger partial charge in [0.1, 0.15) is 12.1 Å². The van der Waals surface area contributed by atoms with E-state index in [1.54, 1.807) is 6.92 Å². The lowest BCUT2D eigenvalue weighted by atomic mass is 9.70. The van der Waals surface area contributed by atoms with Crippen LogP contribution in [0.4, 0.5) is 0 Å². The highest BCUT2D eigenvalue weighted by Crippen LogP contribution is 2.42. The van der Waals surface area contributed by atoms with Crippen molar-refractivity contribution < 1.29 is 24.6 Å². The van der Waals surface area contributed by atoms with Gasteiger partial charge < -0.3 is 25.6 Å². The normalized spacial score (nSPS) is 41.3. The number of hydrogen-bond acceptors (Lipinski definition) is 7. The van der Waals surface area contributed by atoms with Crippen LogP contribution in [0.2, 0.25) is 0 Å². The number of carbonyl (C=O) groups excluding carboxylic acids is 1. The van der Waals surface area contributed by atoms with Gasteiger partial charge in [0.2, 0.25) is 5.91 Å². The molecule has 2 heterocycles. The summed E-state index contributed by atoms with van der Waals surface area (Å²) in [6.07, 6.45) is 22.5. The Kier molecular flexibility index (Phi) is 12.0. The number of hydrogen-bond donors (Lipinski definition) is 4. The summed E-state index contributed by atoms with van der Waals surface area (Å²) in [6.45, 7) is 3.96. The van der Waals surface area contributed by atoms with Gasteiger partial charge in [0.25, 0.3) is 0 Å². The van der Waals surface area contributed by atoms with Crippen molar-refractivity contribution in [3.05, 3.63) is 0 Å². The molecule has 1 amide bonds. The lowest BCUT2D eigenvalue weighted by molar-refractivity contribution is -0.193. The molecular weight excluding hydrogens is 554 g/mol. The van der Waals surface area contributed by atoms with Gasteiger partial charge in [-0.05, 0) is 127 Å². The molecular formula is C36H63N3O5. The lowest BCUT2D eigenvalue weighted by Gasteiger charge is -2.39. The van der Waals surface area contributed by atoms with Crippen molar-refractivity contribution in [1.29, 1.82) is 0 Å². The summed E-state index contributed by atoms with van der Waals surface area (Å²) in [5.74, 6) is 3.02. The summed E-state index contributed by atoms with van der Waals surface area (Å²) in [7, 11) is 0. The monoisotopic (exact) mass is 617 g/mol. The molecule has 252 valence electrons. The van der Waals surface area contributed by atoms with E-state index in [4.69, 9.17) is 9.57 Å². The Morgan fingerprint density at radius 2 is 1.57 bits per heavy atom. The van der Waals surface area contributed by atoms with Crippen LogP contribution in [0.1, 0.15) is 122 Å². The average Bonchev–Trinajstić information content (AvgIpc) is 3.64. The van der Waals surface area contributed by atoms with Crippen molar-refractivity contribution in [1.82, 2.24) is 15.7 Å². The van der Waals surface area contributed by atoms with E-state index >= 15 is 0 Å². The maximum Gasteiger partial charge on any atom is 0.240 e. The van der Waals surface area contributed by atoms with Gasteiger partial charge in [0, 0.05) is 25.0 Å². The predicted octanol–water partition coefficient (Wildman–Crippen LogP) is 4.96. The number of rotatable bonds is 11. The van der Waals surface area contributed by atoms with Crippen LogP contribution >= 0.6 is 0 Å². The molecule has 44 heavy (non-hydrogen) atoms. The topological polar surface area (TPSA) is 103 Å². The van der Waals surface area contributed by atoms with Crippen molar-refractivity contribution in [2.24, 2.45) is 35.5 Å². The molecule has 0 aromatic rings. The predicted molar refractivity (Wildman–Crippen MR) is 172 cm³/mol. The zero-order chi connectivity index (χ0) is 30.5. The molecule has 2 aliphatic heterocycles. The summed E-state index contributed by atoms with van der Waals surface area (Å²) < 4.78 is 6.51. The average molecular weight is 618 g/mol. The second kappa shape index (κ2) is 15.9. The molecule has 6 fully saturated rings. The third-order valence-corrected chi connectivity index (χ3v) is 12.9. The number of nitrogens with zero attached hydrogens (tertiary/aromatic N) is 1. The van der Waals surface area contributed by atoms with E-state index in [9.17, 15) is 15.0 Å². The Bertz CT molecular complexity index is 883. The fraction of sp³-hybridized carbons (Fsp3) is 0.972. The molecule has 4 N–H and O–H groups in total. The molecule has 4 unspecified atom stereocenters. The van der Waals surface area contributed by atoms with E-state index in [0.29, 0.717) is 43.2 Å². The van der Waals surface area contributed by atoms with E-state index in [1.165, 1.54) is 96.3 Å². The van der Waals surface area contributed by atoms with E-state index in [2.05, 4.69) is 10.6 Å². The first-order chi connectivity index (χ1) is 21.5. The van der Waals surface area contributed by atoms with Crippen molar-refractivity contribution in [2.75, 3.05) is 26.2 Å². The zero-order valence-corrected chi connectivity index (χ0v) is 27.6. The van der Waals surface area contributed by atoms with Crippen LogP contribution < -0.4 is 10.6 Å². The standard InChI is InChI=1S/C36H63N3O5/c1-24(41)35-32(23-40)34(36(42)37-20-19-28-21-38-33-10-6-5-9-31(28)33)39(44-35)22-25-11-13-26(14-12-25)27-15-17-30(18-16-27)43-29-7-3-2-4-8-29/h24-35,38,40-41H,2-23H2,1H3,(H,37,42)/t24-,25?,26?,27?,28?,30?,31?,32-,33?,34?,35-/m1/s1. The van der Waals surface area contributed by atoms with Gasteiger partial charge in [0.05, 0.1) is 24.9 Å². The van der Waals surface area contributed by atoms with Crippen LogP contribution in [0, 0.1) is 35.5 Å². The maximum absolute atomic E-state index is 13.7. The Labute approximate surface area is 266 Å². The second-order valence-corrected chi connectivity index (χ2v) is 15.7. The summed E-state index contributed by atoms with van der Waals surface area (Å²) >= 11 is 0. The van der Waals surface area contributed by atoms with Gasteiger partial charge in [-0.1, -0.05) is 32.1 Å². The zero-order valence-electron chi connectivity index (χ0n) is 27.6. The Balaban J connectivity index is 0.964. The molecule has 2 saturated heterocycles. The minimum Gasteiger partial charge on any atom is -0.396 e. The Morgan fingerprint density at radius 3 is 2.27 bits per heavy atom. The van der Waals surface area contributed by atoms with Gasteiger partial charge in [-0.25, -0.2) is 0 Å². The van der Waals surface area contributed by atoms with Gasteiger partial charge in [-0.15, -0.1) is 0 Å². The first-order valence-corrected chi connectivity index (χ1v) is 18.9. The molecule has 0 aromatic carbocycles. The van der Waals surface area contributed by atoms with E-state index in [0.717, 1.165) is 43.6 Å². The molecule has 4 aliphatic carbocycles. The van der Waals surface area contributed by atoms with Crippen molar-refractivity contribution >= 4 is 5.91 Å². The fourth-order valence-corrected chi connectivity index (χ4v) is 10.3. The molecule has 6 rings (SSSR count). The van der Waals surface area contributed by atoms with Gasteiger partial charge in [-0.2, -0.15) is 5.06 Å². The van der Waals surface area contributed by atoms with E-state index in [-0.39, 0.29) is 12.5 Å². The molecule has 0 spiro atoms. The first kappa shape index (κ1) is 33.1. The minimum absolute atomic E-state index is 0.0563. The van der Waals surface area contributed by atoms with Crippen LogP contribution in [-0.4, -0.2) is 83.9 Å². The number of ether oxygens (including phenoxy) is 1. The molecule has 6 aliphatic rings. The van der Waals surface area contributed by atoms with Gasteiger partial charge in [0.15, 0.2) is 0 Å². The molecule has 8 heteroatoms. The van der Waals surface area contributed by atoms with Crippen LogP contribution in [0.5, 0.6) is 0 Å². The summed E-state index contributed by atoms with van der Waals surface area (Å²) in [4.78, 5) is 19.9. The molecule has 7 atom stereocenters. The highest BCUT2D eigenvalue weighted by atomic mass is 16.7. The molecule has 8 nitrogen and oxygen atoms in total. The number of aliphatic hydroxyl groups excluding tert-OH is 2. The minimum atomic E-state index is -0.742. The summed E-state index contributed by atoms with van der Waals surface area (Å²) in [5, 5.41) is 29.6. The molecule has 0 bridgehead atoms. The third kappa shape index (κ3) is 8.02. The smallest absolute Gasteiger partial charge is 0.240 e. The third-order valence-electron chi connectivity index (χ3n) is 12.9. The number of amides is 1. The van der Waals surface area contributed by atoms with Gasteiger partial charge in [-0.3, -0.25) is 9.63 Å². The van der Waals surface area contributed by atoms with Crippen LogP contribution in [0.25, 0.3) is 0 Å². The molecule has 4 saturated carbocycles. The number of aliphatic hydroxyl groups is 2. The van der Waals surface area contributed by atoms with E-state index in [1.807, 2.05) is 5.06 Å². The quantitative estimate of drug-likeness (QED) is 0.260. The molecule has 0 radical (unpaired) electrons. The molecule has 0 aromatic heterocycles. The fourth-order valence-electron chi connectivity index (χ4n) is 10.3. The maximum atomic E-state index is 13.7. The largest absolute Gasteiger partial charge is 0.396 e. The highest BCUT2D eigenvalue weighted by Gasteiger charge is 2.49. The first-order valence-electron chi connectivity index (χ1n) is 18.9. The SMILES string of the molecule is C[C@@H](O)[C@H]1ON(CC2CCC(C3CCC(OC4CCCCC4)CC3)CC2)C(C(=O)NCCC2CNC3CCCCC23)[C@H]1CO. The number of fused-ring (bicyclic) bond motifs is 1. The van der Waals surface area contributed by atoms with Crippen molar-refractivity contribution in [2.45, 2.75) is 159 Å². The van der Waals surface area contributed by atoms with Gasteiger partial charge >= 0.3 is 0 Å². The number of nitrogens with one attached hydrogen (secondary N) is 2. The lowest BCUT2D eigenvalue weighted by Crippen LogP contribution is -2.49. The van der Waals surface area contributed by atoms with Crippen LogP contribution in [0.3, 0.4) is 0 Å². The summed E-state index contributed by atoms with van der Waals surface area (Å²) in [6, 6.07) is 0.111. The second-order valence-electron chi connectivity index (χ2n) is 15.7. The highest BCUT2D eigenvalue weighted by molar-refractivity contribution is 5.82. The van der Waals surface area contributed by atoms with Crippen molar-refractivity contribution in [3.63, 3.8) is 0 Å². The van der Waals surface area contributed by atoms with Crippen LogP contribution in [0.15, 0.2) is 0 Å². The summed E-state index contributed by atoms with van der Waals surface area (Å²) in [5.41, 5.74) is 0. The van der Waals surface area contributed by atoms with Crippen LogP contribution in [-0.2, 0) is 14.4 Å².